The Morgan fingerprint density at radius 3 is 2.10 bits per heavy atom. The third-order valence-electron chi connectivity index (χ3n) is 6.28. The van der Waals surface area contributed by atoms with E-state index in [1.807, 2.05) is 36.4 Å². The summed E-state index contributed by atoms with van der Waals surface area (Å²) in [5.41, 5.74) is 2.13. The van der Waals surface area contributed by atoms with E-state index >= 15 is 0 Å². The number of morpholine rings is 1. The van der Waals surface area contributed by atoms with Crippen molar-refractivity contribution < 1.29 is 8.95 Å². The summed E-state index contributed by atoms with van der Waals surface area (Å²) in [5, 5.41) is 11.0. The molecule has 162 valence electrons. The van der Waals surface area contributed by atoms with Crippen LogP contribution in [0.3, 0.4) is 0 Å². The van der Waals surface area contributed by atoms with Crippen molar-refractivity contribution in [3.63, 3.8) is 0 Å². The summed E-state index contributed by atoms with van der Waals surface area (Å²) < 4.78 is 18.3. The number of hydrogen-bond acceptors (Lipinski definition) is 5. The standard InChI is InChI=1S/C25H29N3O2S/c1-31(29)24-23(19-26)25(21-9-4-2-5-10-21,22-11-6-3-7-12-22)20-28(24)14-8-13-27-15-17-30-18-16-27/h2-7,9-12H,8,13-18,20H2,1H3. The normalized spacial score (nSPS) is 19.9. The van der Waals surface area contributed by atoms with Gasteiger partial charge in [-0.2, -0.15) is 5.26 Å². The molecule has 2 heterocycles. The number of rotatable bonds is 7. The Bertz CT molecular complexity index is 939. The van der Waals surface area contributed by atoms with Crippen LogP contribution >= 0.6 is 0 Å². The van der Waals surface area contributed by atoms with Gasteiger partial charge in [-0.25, -0.2) is 0 Å². The van der Waals surface area contributed by atoms with E-state index in [4.69, 9.17) is 4.74 Å². The lowest BCUT2D eigenvalue weighted by Gasteiger charge is -2.33. The van der Waals surface area contributed by atoms with Crippen molar-refractivity contribution in [1.82, 2.24) is 9.80 Å². The molecular formula is C25H29N3O2S. The first-order valence-electron chi connectivity index (χ1n) is 10.8. The maximum Gasteiger partial charge on any atom is 0.117 e. The quantitative estimate of drug-likeness (QED) is 0.669. The average molecular weight is 436 g/mol. The molecule has 2 aromatic rings. The Hall–Kier alpha value is -2.46. The molecule has 0 aliphatic carbocycles. The fraction of sp³-hybridized carbons (Fsp3) is 0.400. The van der Waals surface area contributed by atoms with Crippen molar-refractivity contribution in [2.45, 2.75) is 11.8 Å². The maximum absolute atomic E-state index is 12.9. The number of benzene rings is 2. The first-order valence-corrected chi connectivity index (χ1v) is 12.4. The highest BCUT2D eigenvalue weighted by Crippen LogP contribution is 2.47. The topological polar surface area (TPSA) is 56.6 Å². The predicted molar refractivity (Wildman–Crippen MR) is 124 cm³/mol. The van der Waals surface area contributed by atoms with Crippen LogP contribution in [0.2, 0.25) is 0 Å². The molecular weight excluding hydrogens is 406 g/mol. The molecule has 1 saturated heterocycles. The van der Waals surface area contributed by atoms with Gasteiger partial charge in [0.1, 0.15) is 5.03 Å². The van der Waals surface area contributed by atoms with E-state index in [2.05, 4.69) is 40.1 Å². The van der Waals surface area contributed by atoms with Crippen LogP contribution in [0.4, 0.5) is 0 Å². The lowest BCUT2D eigenvalue weighted by atomic mass is 9.71. The number of nitrogens with zero attached hydrogens (tertiary/aromatic N) is 3. The number of ether oxygens (including phenoxy) is 1. The summed E-state index contributed by atoms with van der Waals surface area (Å²) >= 11 is 0. The minimum absolute atomic E-state index is 0.608. The van der Waals surface area contributed by atoms with Gasteiger partial charge in [-0.3, -0.25) is 9.11 Å². The van der Waals surface area contributed by atoms with Gasteiger partial charge in [0.15, 0.2) is 0 Å². The van der Waals surface area contributed by atoms with Gasteiger partial charge in [-0.1, -0.05) is 60.7 Å². The minimum Gasteiger partial charge on any atom is -0.379 e. The fourth-order valence-electron chi connectivity index (χ4n) is 4.82. The van der Waals surface area contributed by atoms with Crippen LogP contribution in [0.1, 0.15) is 17.5 Å². The summed E-state index contributed by atoms with van der Waals surface area (Å²) in [7, 11) is -1.25. The monoisotopic (exact) mass is 435 g/mol. The molecule has 2 aliphatic heterocycles. The highest BCUT2D eigenvalue weighted by molar-refractivity contribution is 7.88. The molecule has 0 amide bonds. The number of nitriles is 1. The van der Waals surface area contributed by atoms with Gasteiger partial charge >= 0.3 is 0 Å². The minimum atomic E-state index is -1.25. The Morgan fingerprint density at radius 1 is 1.00 bits per heavy atom. The molecule has 31 heavy (non-hydrogen) atoms. The first kappa shape index (κ1) is 21.8. The van der Waals surface area contributed by atoms with Crippen molar-refractivity contribution in [2.75, 3.05) is 52.2 Å². The van der Waals surface area contributed by atoms with Crippen molar-refractivity contribution in [3.05, 3.63) is 82.4 Å². The van der Waals surface area contributed by atoms with Gasteiger partial charge in [0.05, 0.1) is 41.1 Å². The van der Waals surface area contributed by atoms with E-state index in [0.717, 1.165) is 56.9 Å². The molecule has 6 heteroatoms. The van der Waals surface area contributed by atoms with Crippen LogP contribution in [0.25, 0.3) is 0 Å². The Morgan fingerprint density at radius 2 is 1.58 bits per heavy atom. The van der Waals surface area contributed by atoms with Gasteiger partial charge in [-0.15, -0.1) is 0 Å². The summed E-state index contributed by atoms with van der Waals surface area (Å²) in [5.74, 6) is 0. The Kier molecular flexibility index (Phi) is 6.86. The smallest absolute Gasteiger partial charge is 0.117 e. The van der Waals surface area contributed by atoms with Crippen LogP contribution in [-0.2, 0) is 21.0 Å². The Labute approximate surface area is 187 Å². The third kappa shape index (κ3) is 4.31. The molecule has 0 spiro atoms. The summed E-state index contributed by atoms with van der Waals surface area (Å²) in [6.45, 7) is 5.89. The molecule has 0 saturated carbocycles. The van der Waals surface area contributed by atoms with E-state index in [1.54, 1.807) is 6.26 Å². The highest BCUT2D eigenvalue weighted by Gasteiger charge is 2.48. The van der Waals surface area contributed by atoms with Crippen LogP contribution in [0.15, 0.2) is 71.3 Å². The van der Waals surface area contributed by atoms with E-state index < -0.39 is 16.2 Å². The van der Waals surface area contributed by atoms with Gasteiger partial charge in [0, 0.05) is 39.0 Å². The lowest BCUT2D eigenvalue weighted by Crippen LogP contribution is -2.39. The fourth-order valence-corrected chi connectivity index (χ4v) is 5.85. The second kappa shape index (κ2) is 9.78. The zero-order valence-electron chi connectivity index (χ0n) is 18.0. The molecule has 2 aliphatic rings. The van der Waals surface area contributed by atoms with E-state index in [9.17, 15) is 9.47 Å². The summed E-state index contributed by atoms with van der Waals surface area (Å²) in [4.78, 5) is 4.60. The van der Waals surface area contributed by atoms with Gasteiger partial charge in [-0.05, 0) is 17.5 Å². The summed E-state index contributed by atoms with van der Waals surface area (Å²) in [6.07, 6.45) is 2.65. The molecule has 4 rings (SSSR count). The van der Waals surface area contributed by atoms with Crippen molar-refractivity contribution in [1.29, 1.82) is 5.26 Å². The summed E-state index contributed by atoms with van der Waals surface area (Å²) in [6, 6.07) is 22.8. The molecule has 2 aromatic carbocycles. The molecule has 1 fully saturated rings. The van der Waals surface area contributed by atoms with Crippen molar-refractivity contribution in [2.24, 2.45) is 0 Å². The average Bonchev–Trinajstić information content (AvgIpc) is 3.16. The largest absolute Gasteiger partial charge is 0.379 e. The second-order valence-corrected chi connectivity index (χ2v) is 9.41. The van der Waals surface area contributed by atoms with Crippen LogP contribution in [0, 0.1) is 11.3 Å². The van der Waals surface area contributed by atoms with Crippen LogP contribution < -0.4 is 0 Å². The van der Waals surface area contributed by atoms with Gasteiger partial charge < -0.3 is 9.64 Å². The second-order valence-electron chi connectivity index (χ2n) is 8.11. The third-order valence-corrected chi connectivity index (χ3v) is 7.29. The zero-order chi connectivity index (χ0) is 21.7. The first-order chi connectivity index (χ1) is 15.2. The molecule has 1 atom stereocenters. The molecule has 0 aromatic heterocycles. The molecule has 0 N–H and O–H groups in total. The van der Waals surface area contributed by atoms with Crippen molar-refractivity contribution >= 4 is 10.8 Å². The van der Waals surface area contributed by atoms with Crippen LogP contribution in [0.5, 0.6) is 0 Å². The SMILES string of the molecule is CS(=O)C1=C(C#N)C(c2ccccc2)(c2ccccc2)CN1CCCN1CCOCC1. The zero-order valence-corrected chi connectivity index (χ0v) is 18.8. The molecule has 5 nitrogen and oxygen atoms in total. The molecule has 0 radical (unpaired) electrons. The maximum atomic E-state index is 12.9. The van der Waals surface area contributed by atoms with E-state index in [-0.39, 0.29) is 0 Å². The predicted octanol–water partition coefficient (Wildman–Crippen LogP) is 3.12. The van der Waals surface area contributed by atoms with E-state index in [0.29, 0.717) is 17.1 Å². The van der Waals surface area contributed by atoms with Crippen LogP contribution in [-0.4, -0.2) is 66.2 Å². The molecule has 0 bridgehead atoms. The van der Waals surface area contributed by atoms with E-state index in [1.165, 1.54) is 0 Å². The highest BCUT2D eigenvalue weighted by atomic mass is 32.2. The van der Waals surface area contributed by atoms with Crippen molar-refractivity contribution in [3.8, 4) is 6.07 Å². The Balaban J connectivity index is 1.70. The molecule has 1 unspecified atom stereocenters. The van der Waals surface area contributed by atoms with Gasteiger partial charge in [0.25, 0.3) is 0 Å². The van der Waals surface area contributed by atoms with Gasteiger partial charge in [0.2, 0.25) is 0 Å². The number of hydrogen-bond donors (Lipinski definition) is 0. The lowest BCUT2D eigenvalue weighted by molar-refractivity contribution is 0.0366.